The second-order valence-electron chi connectivity index (χ2n) is 2.73. The molecule has 14 heavy (non-hydrogen) atoms. The van der Waals surface area contributed by atoms with Crippen molar-refractivity contribution >= 4 is 23.2 Å². The molecule has 0 saturated heterocycles. The van der Waals surface area contributed by atoms with Gasteiger partial charge in [0, 0.05) is 12.5 Å². The molecule has 0 unspecified atom stereocenters. The summed E-state index contributed by atoms with van der Waals surface area (Å²) in [6.07, 6.45) is 0. The molecule has 0 bridgehead atoms. The molecule has 0 aliphatic heterocycles. The Balaban J connectivity index is 3.19. The lowest BCUT2D eigenvalue weighted by atomic mass is 10.1. The molecule has 4 heteroatoms. The first-order valence-corrected chi connectivity index (χ1v) is 4.33. The molecule has 0 fully saturated rings. The Hall–Kier alpha value is -1.35. The minimum atomic E-state index is -0.603. The van der Waals surface area contributed by atoms with E-state index < -0.39 is 11.6 Å². The summed E-state index contributed by atoms with van der Waals surface area (Å²) in [6.45, 7) is 1.21. The fraction of sp³-hybridized carbons (Fsp3) is 0.200. The molecule has 0 spiro atoms. The van der Waals surface area contributed by atoms with Crippen molar-refractivity contribution in [2.75, 3.05) is 7.11 Å². The zero-order chi connectivity index (χ0) is 10.7. The van der Waals surface area contributed by atoms with Gasteiger partial charge in [-0.15, -0.1) is 0 Å². The first kappa shape index (κ1) is 10.7. The maximum Gasteiger partial charge on any atom is 0.229 e. The summed E-state index contributed by atoms with van der Waals surface area (Å²) in [5.74, 6) is -0.645. The summed E-state index contributed by atoms with van der Waals surface area (Å²) in [6, 6.07) is 4.60. The van der Waals surface area contributed by atoms with E-state index in [1.807, 2.05) is 0 Å². The minimum Gasteiger partial charge on any atom is -0.497 e. The zero-order valence-electron chi connectivity index (χ0n) is 7.83. The van der Waals surface area contributed by atoms with E-state index in [4.69, 9.17) is 16.3 Å². The summed E-state index contributed by atoms with van der Waals surface area (Å²) < 4.78 is 4.92. The highest BCUT2D eigenvalue weighted by Crippen LogP contribution is 2.22. The van der Waals surface area contributed by atoms with Crippen LogP contribution in [0.3, 0.4) is 0 Å². The monoisotopic (exact) mass is 212 g/mol. The van der Waals surface area contributed by atoms with E-state index in [1.165, 1.54) is 26.2 Å². The highest BCUT2D eigenvalue weighted by Gasteiger charge is 2.15. The predicted octanol–water partition coefficient (Wildman–Crippen LogP) is 2.12. The van der Waals surface area contributed by atoms with Gasteiger partial charge in [-0.1, -0.05) is 11.6 Å². The maximum atomic E-state index is 11.3. The Labute approximate surface area is 86.6 Å². The second-order valence-corrected chi connectivity index (χ2v) is 3.14. The number of rotatable bonds is 3. The van der Waals surface area contributed by atoms with Crippen LogP contribution in [0.4, 0.5) is 0 Å². The van der Waals surface area contributed by atoms with Gasteiger partial charge in [0.05, 0.1) is 12.1 Å². The van der Waals surface area contributed by atoms with Crippen LogP contribution in [0.1, 0.15) is 17.3 Å². The maximum absolute atomic E-state index is 11.3. The van der Waals surface area contributed by atoms with Crippen molar-refractivity contribution in [3.8, 4) is 5.75 Å². The van der Waals surface area contributed by atoms with Gasteiger partial charge in [-0.3, -0.25) is 9.59 Å². The van der Waals surface area contributed by atoms with E-state index in [0.29, 0.717) is 5.75 Å². The Morgan fingerprint density at radius 3 is 2.50 bits per heavy atom. The molecule has 0 atom stereocenters. The largest absolute Gasteiger partial charge is 0.497 e. The number of methoxy groups -OCH3 is 1. The smallest absolute Gasteiger partial charge is 0.229 e. The number of benzene rings is 1. The van der Waals surface area contributed by atoms with Gasteiger partial charge in [0.2, 0.25) is 5.78 Å². The number of ether oxygens (including phenoxy) is 1. The molecule has 0 N–H and O–H groups in total. The normalized spacial score (nSPS) is 9.64. The summed E-state index contributed by atoms with van der Waals surface area (Å²) in [5, 5.41) is 0.256. The first-order chi connectivity index (χ1) is 6.56. The second kappa shape index (κ2) is 4.24. The van der Waals surface area contributed by atoms with Gasteiger partial charge >= 0.3 is 0 Å². The molecule has 0 aromatic heterocycles. The van der Waals surface area contributed by atoms with Crippen LogP contribution >= 0.6 is 11.6 Å². The average molecular weight is 213 g/mol. The van der Waals surface area contributed by atoms with Crippen molar-refractivity contribution in [3.05, 3.63) is 28.8 Å². The Morgan fingerprint density at radius 2 is 2.00 bits per heavy atom. The number of carbonyl (C=O) groups excluding carboxylic acids is 2. The van der Waals surface area contributed by atoms with E-state index in [2.05, 4.69) is 0 Å². The SMILES string of the molecule is COc1ccc(Cl)c(C(=O)C(C)=O)c1. The van der Waals surface area contributed by atoms with Crippen molar-refractivity contribution in [1.29, 1.82) is 0 Å². The van der Waals surface area contributed by atoms with Gasteiger partial charge in [-0.05, 0) is 18.2 Å². The van der Waals surface area contributed by atoms with Crippen molar-refractivity contribution in [3.63, 3.8) is 0 Å². The molecule has 0 amide bonds. The zero-order valence-corrected chi connectivity index (χ0v) is 8.59. The Morgan fingerprint density at radius 1 is 1.36 bits per heavy atom. The van der Waals surface area contributed by atoms with E-state index >= 15 is 0 Å². The van der Waals surface area contributed by atoms with Crippen LogP contribution in [0.5, 0.6) is 5.75 Å². The molecule has 0 heterocycles. The van der Waals surface area contributed by atoms with Gasteiger partial charge in [0.25, 0.3) is 0 Å². The van der Waals surface area contributed by atoms with Crippen molar-refractivity contribution in [2.24, 2.45) is 0 Å². The number of hydrogen-bond acceptors (Lipinski definition) is 3. The lowest BCUT2D eigenvalue weighted by Gasteiger charge is -2.03. The molecule has 0 radical (unpaired) electrons. The van der Waals surface area contributed by atoms with Gasteiger partial charge in [-0.25, -0.2) is 0 Å². The number of ketones is 2. The molecule has 1 aromatic rings. The molecule has 0 saturated carbocycles. The third kappa shape index (κ3) is 2.12. The van der Waals surface area contributed by atoms with E-state index in [-0.39, 0.29) is 10.6 Å². The molecule has 74 valence electrons. The number of halogens is 1. The topological polar surface area (TPSA) is 43.4 Å². The Bertz CT molecular complexity index is 385. The minimum absolute atomic E-state index is 0.179. The number of Topliss-reactive ketones (excluding diaryl/α,β-unsaturated/α-hetero) is 2. The van der Waals surface area contributed by atoms with Crippen LogP contribution in [0.25, 0.3) is 0 Å². The molecular formula is C10H9ClO3. The van der Waals surface area contributed by atoms with E-state index in [1.54, 1.807) is 6.07 Å². The van der Waals surface area contributed by atoms with Crippen LogP contribution in [0.2, 0.25) is 5.02 Å². The summed E-state index contributed by atoms with van der Waals surface area (Å²) >= 11 is 5.76. The summed E-state index contributed by atoms with van der Waals surface area (Å²) in [5.41, 5.74) is 0.179. The fourth-order valence-corrected chi connectivity index (χ4v) is 1.20. The molecule has 0 aliphatic rings. The Kier molecular flexibility index (Phi) is 3.25. The van der Waals surface area contributed by atoms with Gasteiger partial charge in [0.15, 0.2) is 5.78 Å². The van der Waals surface area contributed by atoms with E-state index in [0.717, 1.165) is 0 Å². The van der Waals surface area contributed by atoms with Crippen LogP contribution < -0.4 is 4.74 Å². The van der Waals surface area contributed by atoms with Crippen molar-refractivity contribution < 1.29 is 14.3 Å². The number of carbonyl (C=O) groups is 2. The molecule has 1 rings (SSSR count). The first-order valence-electron chi connectivity index (χ1n) is 3.95. The standard InChI is InChI=1S/C10H9ClO3/c1-6(12)10(13)8-5-7(14-2)3-4-9(8)11/h3-5H,1-2H3. The van der Waals surface area contributed by atoms with E-state index in [9.17, 15) is 9.59 Å². The third-order valence-electron chi connectivity index (χ3n) is 1.74. The van der Waals surface area contributed by atoms with Crippen LogP contribution in [-0.4, -0.2) is 18.7 Å². The molecular weight excluding hydrogens is 204 g/mol. The quantitative estimate of drug-likeness (QED) is 0.570. The summed E-state index contributed by atoms with van der Waals surface area (Å²) in [7, 11) is 1.48. The van der Waals surface area contributed by atoms with Gasteiger partial charge in [0.1, 0.15) is 5.75 Å². The molecule has 0 aliphatic carbocycles. The predicted molar refractivity (Wildman–Crippen MR) is 53.0 cm³/mol. The van der Waals surface area contributed by atoms with Crippen molar-refractivity contribution in [1.82, 2.24) is 0 Å². The third-order valence-corrected chi connectivity index (χ3v) is 2.07. The average Bonchev–Trinajstić information content (AvgIpc) is 2.17. The fourth-order valence-electron chi connectivity index (χ4n) is 0.995. The van der Waals surface area contributed by atoms with Crippen LogP contribution in [0, 0.1) is 0 Å². The van der Waals surface area contributed by atoms with Gasteiger partial charge < -0.3 is 4.74 Å². The lowest BCUT2D eigenvalue weighted by molar-refractivity contribution is -0.113. The molecule has 3 nitrogen and oxygen atoms in total. The van der Waals surface area contributed by atoms with Crippen LogP contribution in [-0.2, 0) is 4.79 Å². The van der Waals surface area contributed by atoms with Crippen LogP contribution in [0.15, 0.2) is 18.2 Å². The highest BCUT2D eigenvalue weighted by molar-refractivity contribution is 6.47. The lowest BCUT2D eigenvalue weighted by Crippen LogP contribution is -2.10. The van der Waals surface area contributed by atoms with Crippen molar-refractivity contribution in [2.45, 2.75) is 6.92 Å². The highest BCUT2D eigenvalue weighted by atomic mass is 35.5. The van der Waals surface area contributed by atoms with Gasteiger partial charge in [-0.2, -0.15) is 0 Å². The molecule has 1 aromatic carbocycles. The summed E-state index contributed by atoms with van der Waals surface area (Å²) in [4.78, 5) is 22.2. The number of hydrogen-bond donors (Lipinski definition) is 0.